The van der Waals surface area contributed by atoms with Gasteiger partial charge in [0.1, 0.15) is 0 Å². The first-order chi connectivity index (χ1) is 12.2. The fourth-order valence-corrected chi connectivity index (χ4v) is 3.04. The van der Waals surface area contributed by atoms with Crippen LogP contribution in [0.4, 0.5) is 0 Å². The van der Waals surface area contributed by atoms with Crippen molar-refractivity contribution in [2.24, 2.45) is 0 Å². The molecule has 0 saturated carbocycles. The van der Waals surface area contributed by atoms with Crippen molar-refractivity contribution >= 4 is 16.6 Å². The minimum absolute atomic E-state index is 0.178. The summed E-state index contributed by atoms with van der Waals surface area (Å²) in [5.74, 6) is 0. The van der Waals surface area contributed by atoms with Crippen molar-refractivity contribution in [2.75, 3.05) is 0 Å². The summed E-state index contributed by atoms with van der Waals surface area (Å²) in [6.07, 6.45) is 1.70. The lowest BCUT2D eigenvalue weighted by Gasteiger charge is -2.06. The average Bonchev–Trinajstić information content (AvgIpc) is 2.96. The molecule has 4 aromatic rings. The number of hydrogen-bond acceptors (Lipinski definition) is 3. The molecule has 5 nitrogen and oxygen atoms in total. The monoisotopic (exact) mass is 328 g/mol. The number of aromatic amines is 1. The number of rotatable bonds is 3. The minimum atomic E-state index is -0.235. The van der Waals surface area contributed by atoms with E-state index in [4.69, 9.17) is 5.41 Å². The van der Waals surface area contributed by atoms with Crippen LogP contribution in [0.5, 0.6) is 0 Å². The summed E-state index contributed by atoms with van der Waals surface area (Å²) in [7, 11) is 0. The van der Waals surface area contributed by atoms with Crippen molar-refractivity contribution in [2.45, 2.75) is 6.92 Å². The van der Waals surface area contributed by atoms with Crippen molar-refractivity contribution in [3.8, 4) is 5.69 Å². The Balaban J connectivity index is 1.89. The van der Waals surface area contributed by atoms with Gasteiger partial charge in [0, 0.05) is 22.8 Å². The van der Waals surface area contributed by atoms with E-state index < -0.39 is 0 Å². The Labute approximate surface area is 144 Å². The van der Waals surface area contributed by atoms with Crippen molar-refractivity contribution in [1.29, 1.82) is 5.41 Å². The third-order valence-corrected chi connectivity index (χ3v) is 4.24. The lowest BCUT2D eigenvalue weighted by molar-refractivity contribution is 0.835. The Kier molecular flexibility index (Phi) is 3.54. The third-order valence-electron chi connectivity index (χ3n) is 4.24. The molecule has 122 valence electrons. The summed E-state index contributed by atoms with van der Waals surface area (Å²) in [6.45, 7) is 1.81. The lowest BCUT2D eigenvalue weighted by atomic mass is 10.00. The Morgan fingerprint density at radius 2 is 1.80 bits per heavy atom. The molecule has 0 bridgehead atoms. The van der Waals surface area contributed by atoms with E-state index in [1.54, 1.807) is 6.20 Å². The van der Waals surface area contributed by atoms with Crippen LogP contribution in [0.1, 0.15) is 16.8 Å². The Morgan fingerprint density at radius 3 is 2.60 bits per heavy atom. The van der Waals surface area contributed by atoms with E-state index in [1.165, 1.54) is 4.68 Å². The van der Waals surface area contributed by atoms with Gasteiger partial charge in [-0.1, -0.05) is 42.5 Å². The van der Waals surface area contributed by atoms with Crippen LogP contribution < -0.4 is 5.56 Å². The topological polar surface area (TPSA) is 74.5 Å². The maximum absolute atomic E-state index is 12.9. The first kappa shape index (κ1) is 15.1. The number of nitrogens with one attached hydrogen (secondary N) is 2. The van der Waals surface area contributed by atoms with Crippen molar-refractivity contribution in [1.82, 2.24) is 14.8 Å². The molecule has 0 radical (unpaired) electrons. The minimum Gasteiger partial charge on any atom is -0.299 e. The second-order valence-corrected chi connectivity index (χ2v) is 5.84. The number of hydrogen-bond donors (Lipinski definition) is 2. The van der Waals surface area contributed by atoms with Crippen molar-refractivity contribution < 1.29 is 0 Å². The first-order valence-electron chi connectivity index (χ1n) is 7.97. The van der Waals surface area contributed by atoms with Crippen LogP contribution >= 0.6 is 0 Å². The highest BCUT2D eigenvalue weighted by atomic mass is 16.1. The zero-order valence-electron chi connectivity index (χ0n) is 13.7. The molecule has 0 spiro atoms. The van der Waals surface area contributed by atoms with Crippen LogP contribution in [0.25, 0.3) is 16.6 Å². The number of benzene rings is 2. The second-order valence-electron chi connectivity index (χ2n) is 5.84. The molecule has 0 aliphatic carbocycles. The summed E-state index contributed by atoms with van der Waals surface area (Å²) in [4.78, 5) is 17.3. The zero-order chi connectivity index (χ0) is 17.4. The highest BCUT2D eigenvalue weighted by Crippen LogP contribution is 2.19. The highest BCUT2D eigenvalue weighted by Gasteiger charge is 2.19. The number of aryl methyl sites for hydroxylation is 1. The first-order valence-corrected chi connectivity index (χ1v) is 7.97. The summed E-state index contributed by atoms with van der Waals surface area (Å²) < 4.78 is 1.47. The van der Waals surface area contributed by atoms with Gasteiger partial charge in [-0.2, -0.15) is 0 Å². The summed E-state index contributed by atoms with van der Waals surface area (Å²) >= 11 is 0. The predicted molar refractivity (Wildman–Crippen MR) is 98.8 cm³/mol. The molecule has 2 N–H and O–H groups in total. The van der Waals surface area contributed by atoms with E-state index in [2.05, 4.69) is 10.1 Å². The van der Waals surface area contributed by atoms with Gasteiger partial charge < -0.3 is 0 Å². The van der Waals surface area contributed by atoms with Crippen LogP contribution in [0.15, 0.2) is 71.7 Å². The van der Waals surface area contributed by atoms with Crippen molar-refractivity contribution in [3.63, 3.8) is 0 Å². The molecule has 0 saturated heterocycles. The molecule has 0 atom stereocenters. The van der Waals surface area contributed by atoms with Crippen molar-refractivity contribution in [3.05, 3.63) is 94.0 Å². The second kappa shape index (κ2) is 5.87. The number of nitrogens with zero attached hydrogens (tertiary/aromatic N) is 2. The van der Waals surface area contributed by atoms with Gasteiger partial charge in [0.25, 0.3) is 5.56 Å². The molecule has 0 amide bonds. The molecule has 0 aliphatic heterocycles. The van der Waals surface area contributed by atoms with Gasteiger partial charge in [-0.3, -0.25) is 20.3 Å². The number of aromatic nitrogens is 3. The molecule has 5 heteroatoms. The fraction of sp³-hybridized carbons (Fsp3) is 0.0500. The van der Waals surface area contributed by atoms with Crippen LogP contribution in [0.2, 0.25) is 0 Å². The highest BCUT2D eigenvalue weighted by molar-refractivity contribution is 6.17. The third kappa shape index (κ3) is 2.46. The molecule has 0 aliphatic rings. The van der Waals surface area contributed by atoms with Gasteiger partial charge in [-0.05, 0) is 25.1 Å². The molecular weight excluding hydrogens is 312 g/mol. The van der Waals surface area contributed by atoms with E-state index >= 15 is 0 Å². The van der Waals surface area contributed by atoms with Gasteiger partial charge in [0.2, 0.25) is 0 Å². The molecular formula is C20H16N4O. The van der Waals surface area contributed by atoms with Crippen LogP contribution in [-0.2, 0) is 0 Å². The number of pyridine rings is 1. The molecule has 4 rings (SSSR count). The molecule has 0 fully saturated rings. The predicted octanol–water partition coefficient (Wildman–Crippen LogP) is 3.44. The fourth-order valence-electron chi connectivity index (χ4n) is 3.04. The molecule has 2 aromatic heterocycles. The van der Waals surface area contributed by atoms with Gasteiger partial charge in [0.05, 0.1) is 22.5 Å². The van der Waals surface area contributed by atoms with E-state index in [1.807, 2.05) is 67.6 Å². The molecule has 25 heavy (non-hydrogen) atoms. The quantitative estimate of drug-likeness (QED) is 0.565. The maximum atomic E-state index is 12.9. The van der Waals surface area contributed by atoms with E-state index in [-0.39, 0.29) is 11.3 Å². The Morgan fingerprint density at radius 1 is 1.04 bits per heavy atom. The summed E-state index contributed by atoms with van der Waals surface area (Å²) in [6, 6.07) is 18.8. The number of H-pyrrole nitrogens is 1. The largest absolute Gasteiger partial charge is 0.299 e. The lowest BCUT2D eigenvalue weighted by Crippen LogP contribution is -2.21. The Bertz CT molecular complexity index is 1130. The smallest absolute Gasteiger partial charge is 0.280 e. The van der Waals surface area contributed by atoms with Gasteiger partial charge >= 0.3 is 0 Å². The standard InChI is InChI=1S/C20H16N4O/c1-13-17(20(25)24(23-13)15-9-3-2-4-10-15)18(21)16-11-5-7-14-8-6-12-22-19(14)16/h2-12,21,23H,1H3. The van der Waals surface area contributed by atoms with Crippen LogP contribution in [0.3, 0.4) is 0 Å². The maximum Gasteiger partial charge on any atom is 0.280 e. The molecule has 2 aromatic carbocycles. The summed E-state index contributed by atoms with van der Waals surface area (Å²) in [5, 5.41) is 12.7. The van der Waals surface area contributed by atoms with E-state index in [0.29, 0.717) is 16.8 Å². The zero-order valence-corrected chi connectivity index (χ0v) is 13.7. The van der Waals surface area contributed by atoms with Gasteiger partial charge in [0.15, 0.2) is 0 Å². The number of fused-ring (bicyclic) bond motifs is 1. The normalized spacial score (nSPS) is 10.9. The van der Waals surface area contributed by atoms with Crippen LogP contribution in [-0.4, -0.2) is 20.5 Å². The van der Waals surface area contributed by atoms with Gasteiger partial charge in [-0.25, -0.2) is 4.68 Å². The van der Waals surface area contributed by atoms with Crippen LogP contribution in [0, 0.1) is 12.3 Å². The Hall–Kier alpha value is -3.47. The number of para-hydroxylation sites is 2. The molecule has 0 unspecified atom stereocenters. The van der Waals surface area contributed by atoms with Gasteiger partial charge in [-0.15, -0.1) is 0 Å². The van der Waals surface area contributed by atoms with E-state index in [9.17, 15) is 4.79 Å². The average molecular weight is 328 g/mol. The summed E-state index contributed by atoms with van der Waals surface area (Å²) in [5.41, 5.74) is 3.08. The SMILES string of the molecule is Cc1[nH]n(-c2ccccc2)c(=O)c1C(=N)c1cccc2cccnc12. The molecule has 2 heterocycles. The van der Waals surface area contributed by atoms with E-state index in [0.717, 1.165) is 16.6 Å².